The van der Waals surface area contributed by atoms with E-state index in [1.807, 2.05) is 42.5 Å². The molecular formula is C19H14BrClN2O3S. The Bertz CT molecular complexity index is 944. The molecule has 0 saturated heterocycles. The molecule has 0 aliphatic carbocycles. The number of furan rings is 1. The minimum Gasteiger partial charge on any atom is -0.484 e. The normalized spacial score (nSPS) is 10.9. The quantitative estimate of drug-likeness (QED) is 0.376. The number of carbonyl (C=O) groups excluding carboxylic acids is 1. The molecule has 2 aromatic carbocycles. The molecule has 8 heteroatoms. The summed E-state index contributed by atoms with van der Waals surface area (Å²) in [6.45, 7) is -0.135. The summed E-state index contributed by atoms with van der Waals surface area (Å²) in [5.41, 5.74) is 2.39. The first-order chi connectivity index (χ1) is 13.1. The molecule has 0 atom stereocenters. The Kier molecular flexibility index (Phi) is 6.98. The zero-order valence-electron chi connectivity index (χ0n) is 13.9. The number of benzene rings is 2. The van der Waals surface area contributed by atoms with E-state index >= 15 is 0 Å². The van der Waals surface area contributed by atoms with Gasteiger partial charge in [0.1, 0.15) is 11.5 Å². The number of nitrogens with one attached hydrogen (secondary N) is 1. The van der Waals surface area contributed by atoms with Crippen molar-refractivity contribution in [2.45, 2.75) is 9.99 Å². The van der Waals surface area contributed by atoms with E-state index in [1.54, 1.807) is 18.2 Å². The van der Waals surface area contributed by atoms with Crippen LogP contribution in [0.1, 0.15) is 5.76 Å². The second-order valence-corrected chi connectivity index (χ2v) is 7.68. The second kappa shape index (κ2) is 9.64. The van der Waals surface area contributed by atoms with E-state index in [0.29, 0.717) is 21.6 Å². The van der Waals surface area contributed by atoms with Gasteiger partial charge in [-0.2, -0.15) is 5.10 Å². The van der Waals surface area contributed by atoms with Crippen molar-refractivity contribution in [1.29, 1.82) is 0 Å². The molecule has 1 amide bonds. The number of rotatable bonds is 7. The predicted molar refractivity (Wildman–Crippen MR) is 110 cm³/mol. The number of halogens is 2. The first-order valence-electron chi connectivity index (χ1n) is 7.82. The Hall–Kier alpha value is -2.22. The Labute approximate surface area is 173 Å². The number of amides is 1. The first kappa shape index (κ1) is 19.5. The summed E-state index contributed by atoms with van der Waals surface area (Å²) in [4.78, 5) is 12.8. The second-order valence-electron chi connectivity index (χ2n) is 5.25. The fourth-order valence-corrected chi connectivity index (χ4v) is 3.27. The lowest BCUT2D eigenvalue weighted by molar-refractivity contribution is -0.123. The van der Waals surface area contributed by atoms with Crippen molar-refractivity contribution in [2.24, 2.45) is 5.10 Å². The van der Waals surface area contributed by atoms with Crippen molar-refractivity contribution in [3.05, 3.63) is 75.9 Å². The van der Waals surface area contributed by atoms with Gasteiger partial charge in [0.15, 0.2) is 11.7 Å². The van der Waals surface area contributed by atoms with Crippen molar-refractivity contribution in [3.63, 3.8) is 0 Å². The van der Waals surface area contributed by atoms with Crippen molar-refractivity contribution in [1.82, 2.24) is 5.43 Å². The van der Waals surface area contributed by atoms with E-state index in [4.69, 9.17) is 20.8 Å². The molecular weight excluding hydrogens is 452 g/mol. The van der Waals surface area contributed by atoms with E-state index in [-0.39, 0.29) is 12.5 Å². The van der Waals surface area contributed by atoms with E-state index in [1.165, 1.54) is 18.0 Å². The highest BCUT2D eigenvalue weighted by atomic mass is 79.9. The zero-order valence-corrected chi connectivity index (χ0v) is 17.1. The van der Waals surface area contributed by atoms with E-state index in [2.05, 4.69) is 26.5 Å². The van der Waals surface area contributed by atoms with Crippen molar-refractivity contribution in [2.75, 3.05) is 6.61 Å². The van der Waals surface area contributed by atoms with Gasteiger partial charge in [0.25, 0.3) is 5.91 Å². The molecule has 0 unspecified atom stereocenters. The van der Waals surface area contributed by atoms with Gasteiger partial charge in [-0.25, -0.2) is 5.43 Å². The number of hydrogen-bond donors (Lipinski definition) is 1. The SMILES string of the molecule is O=C(COc1cccc(Br)c1)NN=Cc1ccc(Sc2ccc(Cl)cc2)o1. The minimum atomic E-state index is -0.367. The van der Waals surface area contributed by atoms with Crippen molar-refractivity contribution in [3.8, 4) is 5.75 Å². The molecule has 0 fully saturated rings. The number of carbonyl (C=O) groups is 1. The highest BCUT2D eigenvalue weighted by Gasteiger charge is 2.04. The fourth-order valence-electron chi connectivity index (χ4n) is 1.98. The molecule has 138 valence electrons. The summed E-state index contributed by atoms with van der Waals surface area (Å²) < 4.78 is 11.9. The maximum Gasteiger partial charge on any atom is 0.277 e. The van der Waals surface area contributed by atoms with Gasteiger partial charge in [0, 0.05) is 14.4 Å². The molecule has 3 aromatic rings. The third kappa shape index (κ3) is 6.46. The van der Waals surface area contributed by atoms with Gasteiger partial charge in [-0.3, -0.25) is 4.79 Å². The van der Waals surface area contributed by atoms with Gasteiger partial charge < -0.3 is 9.15 Å². The Morgan fingerprint density at radius 1 is 1.22 bits per heavy atom. The maximum absolute atomic E-state index is 11.8. The molecule has 0 saturated carbocycles. The molecule has 1 heterocycles. The van der Waals surface area contributed by atoms with Crippen LogP contribution in [0.25, 0.3) is 0 Å². The van der Waals surface area contributed by atoms with Crippen molar-refractivity contribution >= 4 is 51.4 Å². The third-order valence-corrected chi connectivity index (χ3v) is 4.85. The van der Waals surface area contributed by atoms with Crippen LogP contribution >= 0.6 is 39.3 Å². The molecule has 1 aromatic heterocycles. The standard InChI is InChI=1S/C19H14BrClN2O3S/c20-13-2-1-3-15(10-13)25-12-18(24)23-22-11-16-6-9-19(26-16)27-17-7-4-14(21)5-8-17/h1-11H,12H2,(H,23,24). The lowest BCUT2D eigenvalue weighted by atomic mass is 10.3. The van der Waals surface area contributed by atoms with Crippen LogP contribution in [0.4, 0.5) is 0 Å². The number of hydrazone groups is 1. The summed E-state index contributed by atoms with van der Waals surface area (Å²) in [6.07, 6.45) is 1.43. The van der Waals surface area contributed by atoms with Gasteiger partial charge >= 0.3 is 0 Å². The fraction of sp³-hybridized carbons (Fsp3) is 0.0526. The molecule has 5 nitrogen and oxygen atoms in total. The van der Waals surface area contributed by atoms with Crippen LogP contribution in [0.3, 0.4) is 0 Å². The highest BCUT2D eigenvalue weighted by molar-refractivity contribution is 9.10. The van der Waals surface area contributed by atoms with Gasteiger partial charge in [-0.05, 0) is 54.6 Å². The van der Waals surface area contributed by atoms with Gasteiger partial charge in [0.2, 0.25) is 0 Å². The van der Waals surface area contributed by atoms with Crippen LogP contribution in [-0.2, 0) is 4.79 Å². The Balaban J connectivity index is 1.46. The Morgan fingerprint density at radius 2 is 2.04 bits per heavy atom. The smallest absolute Gasteiger partial charge is 0.277 e. The largest absolute Gasteiger partial charge is 0.484 e. The summed E-state index contributed by atoms with van der Waals surface area (Å²) in [7, 11) is 0. The van der Waals surface area contributed by atoms with Crippen LogP contribution in [0.2, 0.25) is 5.02 Å². The topological polar surface area (TPSA) is 63.8 Å². The van der Waals surface area contributed by atoms with Crippen LogP contribution < -0.4 is 10.2 Å². The molecule has 0 spiro atoms. The van der Waals surface area contributed by atoms with Crippen LogP contribution in [0.15, 0.2) is 84.6 Å². The molecule has 3 rings (SSSR count). The van der Waals surface area contributed by atoms with Gasteiger partial charge in [-0.15, -0.1) is 0 Å². The molecule has 27 heavy (non-hydrogen) atoms. The van der Waals surface area contributed by atoms with Gasteiger partial charge in [0.05, 0.1) is 6.21 Å². The lowest BCUT2D eigenvalue weighted by Gasteiger charge is -2.04. The predicted octanol–water partition coefficient (Wildman–Crippen LogP) is 5.38. The molecule has 1 N–H and O–H groups in total. The average molecular weight is 466 g/mol. The van der Waals surface area contributed by atoms with E-state index in [0.717, 1.165) is 9.37 Å². The summed E-state index contributed by atoms with van der Waals surface area (Å²) >= 11 is 10.7. The minimum absolute atomic E-state index is 0.135. The number of ether oxygens (including phenoxy) is 1. The van der Waals surface area contributed by atoms with E-state index in [9.17, 15) is 4.79 Å². The summed E-state index contributed by atoms with van der Waals surface area (Å²) in [5.74, 6) is 0.756. The summed E-state index contributed by atoms with van der Waals surface area (Å²) in [5, 5.41) is 5.27. The summed E-state index contributed by atoms with van der Waals surface area (Å²) in [6, 6.07) is 18.3. The molecule has 0 radical (unpaired) electrons. The number of hydrogen-bond acceptors (Lipinski definition) is 5. The van der Waals surface area contributed by atoms with Crippen LogP contribution in [-0.4, -0.2) is 18.7 Å². The van der Waals surface area contributed by atoms with Crippen LogP contribution in [0, 0.1) is 0 Å². The number of nitrogens with zero attached hydrogens (tertiary/aromatic N) is 1. The van der Waals surface area contributed by atoms with Gasteiger partial charge in [-0.1, -0.05) is 45.4 Å². The maximum atomic E-state index is 11.8. The molecule has 0 bridgehead atoms. The van der Waals surface area contributed by atoms with E-state index < -0.39 is 0 Å². The Morgan fingerprint density at radius 3 is 2.81 bits per heavy atom. The monoisotopic (exact) mass is 464 g/mol. The first-order valence-corrected chi connectivity index (χ1v) is 9.81. The van der Waals surface area contributed by atoms with Crippen LogP contribution in [0.5, 0.6) is 5.75 Å². The molecule has 0 aliphatic rings. The van der Waals surface area contributed by atoms with Crippen molar-refractivity contribution < 1.29 is 13.9 Å². The zero-order chi connectivity index (χ0) is 19.1. The highest BCUT2D eigenvalue weighted by Crippen LogP contribution is 2.29. The molecule has 0 aliphatic heterocycles. The lowest BCUT2D eigenvalue weighted by Crippen LogP contribution is -2.24. The third-order valence-electron chi connectivity index (χ3n) is 3.18. The average Bonchev–Trinajstić information content (AvgIpc) is 3.09.